The van der Waals surface area contributed by atoms with Crippen LogP contribution in [-0.4, -0.2) is 35.0 Å². The molecule has 4 rings (SSSR count). The number of carboxylic acid groups (broad SMARTS) is 1. The van der Waals surface area contributed by atoms with Crippen LogP contribution in [0, 0.1) is 5.92 Å². The Morgan fingerprint density at radius 3 is 1.63 bits per heavy atom. The molecule has 9 heteroatoms. The van der Waals surface area contributed by atoms with E-state index in [0.29, 0.717) is 11.5 Å². The molecule has 1 atom stereocenters. The fraction of sp³-hybridized carbons (Fsp3) is 0.241. The van der Waals surface area contributed by atoms with E-state index in [4.69, 9.17) is 20.3 Å². The molecule has 0 aromatic heterocycles. The molecule has 0 fully saturated rings. The summed E-state index contributed by atoms with van der Waals surface area (Å²) in [4.78, 5) is 45.9. The highest BCUT2D eigenvalue weighted by molar-refractivity contribution is 6.11. The molecular formula is C29H30N2O7. The van der Waals surface area contributed by atoms with Crippen LogP contribution in [-0.2, 0) is 24.6 Å². The van der Waals surface area contributed by atoms with Gasteiger partial charge in [0.1, 0.15) is 23.0 Å². The molecular weight excluding hydrogens is 488 g/mol. The summed E-state index contributed by atoms with van der Waals surface area (Å²) in [6, 6.07) is 20.6. The maximum atomic E-state index is 13.4. The van der Waals surface area contributed by atoms with E-state index in [9.17, 15) is 19.2 Å². The van der Waals surface area contributed by atoms with Crippen molar-refractivity contribution in [3.63, 3.8) is 0 Å². The number of hydrogen-bond acceptors (Lipinski definition) is 7. The van der Waals surface area contributed by atoms with Crippen molar-refractivity contribution >= 4 is 29.5 Å². The Labute approximate surface area is 220 Å². The van der Waals surface area contributed by atoms with E-state index in [1.165, 1.54) is 13.8 Å². The summed E-state index contributed by atoms with van der Waals surface area (Å²) in [5, 5.41) is 11.2. The first-order valence-corrected chi connectivity index (χ1v) is 11.9. The van der Waals surface area contributed by atoms with Gasteiger partial charge in [-0.15, -0.1) is 0 Å². The highest BCUT2D eigenvalue weighted by atomic mass is 16.5. The molecule has 0 aliphatic carbocycles. The molecule has 4 N–H and O–H groups in total. The summed E-state index contributed by atoms with van der Waals surface area (Å²) in [6.07, 6.45) is 0. The first-order valence-electron chi connectivity index (χ1n) is 11.9. The van der Waals surface area contributed by atoms with Gasteiger partial charge >= 0.3 is 17.9 Å². The van der Waals surface area contributed by atoms with Gasteiger partial charge in [-0.25, -0.2) is 0 Å². The standard InChI is InChI=1S/C24H19NO5.C5H11NO2/c1-15(26)29-19-11-7-17(8-12-19)24(18-9-13-20(14-10-18)30-16(2)27)21-5-3-4-6-22(21)25-23(24)28;1-3(2)4(6)5(7)8/h3-14H,1-2H3,(H,25,28);3-4H,6H2,1-2H3,(H,7,8)/t;4-/m.0/s1. The minimum Gasteiger partial charge on any atom is -0.480 e. The minimum atomic E-state index is -1.10. The Morgan fingerprint density at radius 2 is 1.26 bits per heavy atom. The van der Waals surface area contributed by atoms with E-state index in [-0.39, 0.29) is 11.8 Å². The second-order valence-electron chi connectivity index (χ2n) is 9.09. The van der Waals surface area contributed by atoms with Crippen LogP contribution < -0.4 is 20.5 Å². The van der Waals surface area contributed by atoms with Crippen LogP contribution >= 0.6 is 0 Å². The number of hydrogen-bond donors (Lipinski definition) is 3. The average Bonchev–Trinajstić information content (AvgIpc) is 3.16. The van der Waals surface area contributed by atoms with Crippen molar-refractivity contribution < 1.29 is 33.8 Å². The van der Waals surface area contributed by atoms with Crippen LogP contribution in [0.3, 0.4) is 0 Å². The number of nitrogens with two attached hydrogens (primary N) is 1. The van der Waals surface area contributed by atoms with Gasteiger partial charge < -0.3 is 25.6 Å². The number of nitrogens with one attached hydrogen (secondary N) is 1. The molecule has 0 saturated carbocycles. The number of rotatable bonds is 6. The van der Waals surface area contributed by atoms with Gasteiger partial charge in [-0.3, -0.25) is 19.2 Å². The lowest BCUT2D eigenvalue weighted by molar-refractivity contribution is -0.139. The van der Waals surface area contributed by atoms with Crippen LogP contribution in [0.1, 0.15) is 44.4 Å². The van der Waals surface area contributed by atoms with E-state index in [0.717, 1.165) is 22.4 Å². The van der Waals surface area contributed by atoms with Gasteiger partial charge in [0.15, 0.2) is 0 Å². The summed E-state index contributed by atoms with van der Waals surface area (Å²) in [7, 11) is 0. The number of aliphatic carboxylic acids is 1. The highest BCUT2D eigenvalue weighted by Crippen LogP contribution is 2.48. The molecule has 1 heterocycles. The highest BCUT2D eigenvalue weighted by Gasteiger charge is 2.49. The third-order valence-corrected chi connectivity index (χ3v) is 6.02. The zero-order chi connectivity index (χ0) is 28.0. The Balaban J connectivity index is 0.000000436. The number of ether oxygens (including phenoxy) is 2. The number of amides is 1. The molecule has 1 amide bonds. The topological polar surface area (TPSA) is 145 Å². The van der Waals surface area contributed by atoms with Crippen molar-refractivity contribution in [1.82, 2.24) is 0 Å². The second-order valence-corrected chi connectivity index (χ2v) is 9.09. The normalized spacial score (nSPS) is 13.9. The number of benzene rings is 3. The third kappa shape index (κ3) is 5.90. The number of fused-ring (bicyclic) bond motifs is 1. The Bertz CT molecular complexity index is 1270. The maximum absolute atomic E-state index is 13.4. The summed E-state index contributed by atoms with van der Waals surface area (Å²) < 4.78 is 10.3. The Kier molecular flexibility index (Phi) is 8.64. The molecule has 0 radical (unpaired) electrons. The zero-order valence-corrected chi connectivity index (χ0v) is 21.6. The summed E-state index contributed by atoms with van der Waals surface area (Å²) in [5.74, 6) is -1.13. The van der Waals surface area contributed by atoms with Crippen molar-refractivity contribution in [3.8, 4) is 11.5 Å². The molecule has 3 aromatic rings. The third-order valence-electron chi connectivity index (χ3n) is 6.02. The fourth-order valence-electron chi connectivity index (χ4n) is 4.16. The van der Waals surface area contributed by atoms with Crippen LogP contribution in [0.4, 0.5) is 5.69 Å². The van der Waals surface area contributed by atoms with Crippen LogP contribution in [0.2, 0.25) is 0 Å². The maximum Gasteiger partial charge on any atom is 0.320 e. The SMILES string of the molecule is CC(=O)Oc1ccc(C2(c3ccc(OC(C)=O)cc3)C(=O)Nc3ccccc32)cc1.CC(C)[C@H](N)C(=O)O. The lowest BCUT2D eigenvalue weighted by Crippen LogP contribution is -2.37. The smallest absolute Gasteiger partial charge is 0.320 e. The van der Waals surface area contributed by atoms with E-state index in [1.54, 1.807) is 62.4 Å². The lowest BCUT2D eigenvalue weighted by atomic mass is 9.70. The summed E-state index contributed by atoms with van der Waals surface area (Å²) >= 11 is 0. The number of carbonyl (C=O) groups excluding carboxylic acids is 3. The van der Waals surface area contributed by atoms with Gasteiger partial charge in [-0.05, 0) is 47.4 Å². The van der Waals surface area contributed by atoms with Crippen LogP contribution in [0.15, 0.2) is 72.8 Å². The van der Waals surface area contributed by atoms with Gasteiger partial charge in [-0.1, -0.05) is 56.3 Å². The lowest BCUT2D eigenvalue weighted by Gasteiger charge is -2.29. The summed E-state index contributed by atoms with van der Waals surface area (Å²) in [5.41, 5.74) is 7.06. The largest absolute Gasteiger partial charge is 0.480 e. The number of carbonyl (C=O) groups is 4. The molecule has 0 bridgehead atoms. The predicted molar refractivity (Wildman–Crippen MR) is 141 cm³/mol. The summed E-state index contributed by atoms with van der Waals surface area (Å²) in [6.45, 7) is 6.22. The monoisotopic (exact) mass is 518 g/mol. The zero-order valence-electron chi connectivity index (χ0n) is 21.6. The first-order chi connectivity index (χ1) is 18.0. The van der Waals surface area contributed by atoms with Gasteiger partial charge in [0.2, 0.25) is 5.91 Å². The first kappa shape index (κ1) is 28.1. The second kappa shape index (κ2) is 11.7. The molecule has 1 aliphatic heterocycles. The molecule has 198 valence electrons. The van der Waals surface area contributed by atoms with Crippen LogP contribution in [0.25, 0.3) is 0 Å². The molecule has 9 nitrogen and oxygen atoms in total. The van der Waals surface area contributed by atoms with Gasteiger partial charge in [-0.2, -0.15) is 0 Å². The Morgan fingerprint density at radius 1 is 0.816 bits per heavy atom. The molecule has 3 aromatic carbocycles. The van der Waals surface area contributed by atoms with Crippen LogP contribution in [0.5, 0.6) is 11.5 Å². The van der Waals surface area contributed by atoms with Crippen molar-refractivity contribution in [3.05, 3.63) is 89.5 Å². The van der Waals surface area contributed by atoms with Crippen molar-refractivity contribution in [1.29, 1.82) is 0 Å². The van der Waals surface area contributed by atoms with E-state index in [2.05, 4.69) is 5.32 Å². The van der Waals surface area contributed by atoms with Gasteiger partial charge in [0.05, 0.1) is 0 Å². The Hall–Kier alpha value is -4.50. The van der Waals surface area contributed by atoms with E-state index >= 15 is 0 Å². The van der Waals surface area contributed by atoms with E-state index < -0.39 is 29.4 Å². The predicted octanol–water partition coefficient (Wildman–Crippen LogP) is 3.88. The average molecular weight is 519 g/mol. The van der Waals surface area contributed by atoms with Crippen molar-refractivity contribution in [2.24, 2.45) is 11.7 Å². The molecule has 0 spiro atoms. The quantitative estimate of drug-likeness (QED) is 0.329. The van der Waals surface area contributed by atoms with Crippen molar-refractivity contribution in [2.45, 2.75) is 39.2 Å². The molecule has 1 aliphatic rings. The molecule has 0 unspecified atom stereocenters. The number of para-hydroxylation sites is 1. The fourth-order valence-corrected chi connectivity index (χ4v) is 4.16. The molecule has 38 heavy (non-hydrogen) atoms. The van der Waals surface area contributed by atoms with E-state index in [1.807, 2.05) is 24.3 Å². The minimum absolute atomic E-state index is 0.0208. The number of esters is 2. The van der Waals surface area contributed by atoms with Gasteiger partial charge in [0.25, 0.3) is 0 Å². The van der Waals surface area contributed by atoms with Crippen molar-refractivity contribution in [2.75, 3.05) is 5.32 Å². The van der Waals surface area contributed by atoms with Gasteiger partial charge in [0, 0.05) is 25.1 Å². The molecule has 0 saturated heterocycles. The number of carboxylic acids is 1. The number of anilines is 1.